The molecule has 2 heteroatoms. The maximum absolute atomic E-state index is 6.06. The molecule has 19 heavy (non-hydrogen) atoms. The number of aryl methyl sites for hydroxylation is 1. The highest BCUT2D eigenvalue weighted by Gasteiger charge is 2.13. The fraction of sp³-hybridized carbons (Fsp3) is 0.0588. The van der Waals surface area contributed by atoms with E-state index in [-0.39, 0.29) is 0 Å². The van der Waals surface area contributed by atoms with E-state index >= 15 is 0 Å². The second-order valence-corrected chi connectivity index (χ2v) is 5.63. The van der Waals surface area contributed by atoms with Crippen LogP contribution in [0.4, 0.5) is 0 Å². The van der Waals surface area contributed by atoms with Gasteiger partial charge in [0.1, 0.15) is 11.5 Å². The summed E-state index contributed by atoms with van der Waals surface area (Å²) in [5.74, 6) is 1.88. The molecule has 94 valence electrons. The fourth-order valence-electron chi connectivity index (χ4n) is 2.12. The van der Waals surface area contributed by atoms with Crippen LogP contribution in [0, 0.1) is 10.5 Å². The predicted octanol–water partition coefficient (Wildman–Crippen LogP) is 5.53. The van der Waals surface area contributed by atoms with Gasteiger partial charge in [0.2, 0.25) is 0 Å². The third-order valence-electron chi connectivity index (χ3n) is 3.13. The lowest BCUT2D eigenvalue weighted by atomic mass is 10.1. The Kier molecular flexibility index (Phi) is 3.42. The van der Waals surface area contributed by atoms with Gasteiger partial charge in [-0.15, -0.1) is 0 Å². The van der Waals surface area contributed by atoms with Crippen molar-refractivity contribution < 1.29 is 4.42 Å². The van der Waals surface area contributed by atoms with Gasteiger partial charge in [-0.1, -0.05) is 54.6 Å². The normalized spacial score (nSPS) is 10.6. The zero-order valence-electron chi connectivity index (χ0n) is 10.6. The predicted molar refractivity (Wildman–Crippen MR) is 87.0 cm³/mol. The van der Waals surface area contributed by atoms with Crippen molar-refractivity contribution in [2.75, 3.05) is 0 Å². The van der Waals surface area contributed by atoms with Gasteiger partial charge in [0.15, 0.2) is 0 Å². The molecule has 0 radical (unpaired) electrons. The lowest BCUT2D eigenvalue weighted by Gasteiger charge is -2.02. The standard InChI is InChI=1S/C17H13IO/c1-12-7-5-6-10-14(12)17-15(18)11-16(19-17)13-8-3-2-4-9-13/h2-11H,1H3. The number of rotatable bonds is 2. The smallest absolute Gasteiger partial charge is 0.148 e. The summed E-state index contributed by atoms with van der Waals surface area (Å²) in [6, 6.07) is 20.6. The van der Waals surface area contributed by atoms with Crippen LogP contribution >= 0.6 is 22.6 Å². The first-order valence-electron chi connectivity index (χ1n) is 6.16. The van der Waals surface area contributed by atoms with E-state index in [1.165, 1.54) is 5.56 Å². The highest BCUT2D eigenvalue weighted by molar-refractivity contribution is 14.1. The van der Waals surface area contributed by atoms with E-state index in [0.29, 0.717) is 0 Å². The van der Waals surface area contributed by atoms with Crippen molar-refractivity contribution in [1.29, 1.82) is 0 Å². The molecule has 0 amide bonds. The molecule has 0 aliphatic heterocycles. The lowest BCUT2D eigenvalue weighted by molar-refractivity contribution is 0.595. The second kappa shape index (κ2) is 5.21. The van der Waals surface area contributed by atoms with Crippen molar-refractivity contribution in [3.63, 3.8) is 0 Å². The Balaban J connectivity index is 2.11. The average Bonchev–Trinajstić information content (AvgIpc) is 2.82. The molecule has 0 fully saturated rings. The zero-order valence-corrected chi connectivity index (χ0v) is 12.7. The summed E-state index contributed by atoms with van der Waals surface area (Å²) in [6.45, 7) is 2.11. The molecule has 1 heterocycles. The van der Waals surface area contributed by atoms with Crippen LogP contribution in [0.3, 0.4) is 0 Å². The van der Waals surface area contributed by atoms with Crippen molar-refractivity contribution in [2.45, 2.75) is 6.92 Å². The Bertz CT molecular complexity index is 698. The maximum atomic E-state index is 6.06. The third-order valence-corrected chi connectivity index (χ3v) is 3.94. The van der Waals surface area contributed by atoms with Crippen molar-refractivity contribution in [1.82, 2.24) is 0 Å². The summed E-state index contributed by atoms with van der Waals surface area (Å²) in [7, 11) is 0. The Labute approximate surface area is 126 Å². The van der Waals surface area contributed by atoms with Crippen LogP contribution in [0.15, 0.2) is 65.1 Å². The fourth-order valence-corrected chi connectivity index (χ4v) is 2.81. The number of halogens is 1. The molecule has 3 aromatic rings. The first-order chi connectivity index (χ1) is 9.25. The van der Waals surface area contributed by atoms with E-state index in [4.69, 9.17) is 4.42 Å². The summed E-state index contributed by atoms with van der Waals surface area (Å²) in [5, 5.41) is 0. The minimum absolute atomic E-state index is 0.920. The van der Waals surface area contributed by atoms with Gasteiger partial charge in [-0.05, 0) is 41.1 Å². The molecule has 3 rings (SSSR count). The Hall–Kier alpha value is -1.55. The van der Waals surface area contributed by atoms with Crippen molar-refractivity contribution in [2.24, 2.45) is 0 Å². The molecule has 0 aliphatic carbocycles. The van der Waals surface area contributed by atoms with Gasteiger partial charge in [-0.3, -0.25) is 0 Å². The van der Waals surface area contributed by atoms with E-state index in [9.17, 15) is 0 Å². The van der Waals surface area contributed by atoms with Gasteiger partial charge in [-0.25, -0.2) is 0 Å². The summed E-state index contributed by atoms with van der Waals surface area (Å²) in [5.41, 5.74) is 3.50. The number of benzene rings is 2. The van der Waals surface area contributed by atoms with E-state index in [1.54, 1.807) is 0 Å². The van der Waals surface area contributed by atoms with E-state index in [0.717, 1.165) is 26.2 Å². The highest BCUT2D eigenvalue weighted by atomic mass is 127. The van der Waals surface area contributed by atoms with E-state index in [1.807, 2.05) is 30.3 Å². The zero-order chi connectivity index (χ0) is 13.2. The number of furan rings is 1. The Morgan fingerprint density at radius 2 is 1.58 bits per heavy atom. The molecule has 2 aromatic carbocycles. The minimum Gasteiger partial charge on any atom is -0.455 e. The molecule has 0 unspecified atom stereocenters. The lowest BCUT2D eigenvalue weighted by Crippen LogP contribution is -1.81. The molecular formula is C17H13IO. The van der Waals surface area contributed by atoms with Gasteiger partial charge in [-0.2, -0.15) is 0 Å². The van der Waals surface area contributed by atoms with Crippen LogP contribution in [0.2, 0.25) is 0 Å². The highest BCUT2D eigenvalue weighted by Crippen LogP contribution is 2.34. The molecule has 0 N–H and O–H groups in total. The summed E-state index contributed by atoms with van der Waals surface area (Å²) < 4.78 is 7.20. The topological polar surface area (TPSA) is 13.1 Å². The summed E-state index contributed by atoms with van der Waals surface area (Å²) in [4.78, 5) is 0. The largest absolute Gasteiger partial charge is 0.455 e. The van der Waals surface area contributed by atoms with E-state index < -0.39 is 0 Å². The molecule has 0 bridgehead atoms. The van der Waals surface area contributed by atoms with Gasteiger partial charge in [0, 0.05) is 11.1 Å². The van der Waals surface area contributed by atoms with Crippen molar-refractivity contribution in [3.8, 4) is 22.6 Å². The molecule has 1 aromatic heterocycles. The van der Waals surface area contributed by atoms with Crippen LogP contribution in [-0.4, -0.2) is 0 Å². The van der Waals surface area contributed by atoms with Gasteiger partial charge < -0.3 is 4.42 Å². The monoisotopic (exact) mass is 360 g/mol. The molecule has 1 nitrogen and oxygen atoms in total. The van der Waals surface area contributed by atoms with Gasteiger partial charge in [0.25, 0.3) is 0 Å². The average molecular weight is 360 g/mol. The Morgan fingerprint density at radius 3 is 2.32 bits per heavy atom. The maximum Gasteiger partial charge on any atom is 0.148 e. The van der Waals surface area contributed by atoms with Gasteiger partial charge in [0.05, 0.1) is 3.57 Å². The second-order valence-electron chi connectivity index (χ2n) is 4.47. The van der Waals surface area contributed by atoms with Crippen LogP contribution in [-0.2, 0) is 0 Å². The SMILES string of the molecule is Cc1ccccc1-c1oc(-c2ccccc2)cc1I. The number of hydrogen-bond acceptors (Lipinski definition) is 1. The molecule has 0 atom stereocenters. The molecule has 0 aliphatic rings. The molecule has 0 saturated heterocycles. The van der Waals surface area contributed by atoms with E-state index in [2.05, 4.69) is 59.8 Å². The third kappa shape index (κ3) is 2.45. The first kappa shape index (κ1) is 12.5. The summed E-state index contributed by atoms with van der Waals surface area (Å²) >= 11 is 2.33. The molecular weight excluding hydrogens is 347 g/mol. The van der Waals surface area contributed by atoms with Crippen LogP contribution in [0.5, 0.6) is 0 Å². The molecule has 0 spiro atoms. The minimum atomic E-state index is 0.920. The Morgan fingerprint density at radius 1 is 0.895 bits per heavy atom. The number of hydrogen-bond donors (Lipinski definition) is 0. The van der Waals surface area contributed by atoms with Crippen LogP contribution in [0.25, 0.3) is 22.6 Å². The first-order valence-corrected chi connectivity index (χ1v) is 7.24. The van der Waals surface area contributed by atoms with Crippen LogP contribution < -0.4 is 0 Å². The van der Waals surface area contributed by atoms with Crippen molar-refractivity contribution >= 4 is 22.6 Å². The summed E-state index contributed by atoms with van der Waals surface area (Å²) in [6.07, 6.45) is 0. The van der Waals surface area contributed by atoms with Crippen molar-refractivity contribution in [3.05, 3.63) is 69.8 Å². The van der Waals surface area contributed by atoms with Crippen LogP contribution in [0.1, 0.15) is 5.56 Å². The quantitative estimate of drug-likeness (QED) is 0.548. The molecule has 0 saturated carbocycles. The van der Waals surface area contributed by atoms with Gasteiger partial charge >= 0.3 is 0 Å².